The molecule has 1 amide bonds. The lowest BCUT2D eigenvalue weighted by atomic mass is 9.96. The van der Waals surface area contributed by atoms with Crippen molar-refractivity contribution in [1.82, 2.24) is 5.32 Å². The topological polar surface area (TPSA) is 83.8 Å². The summed E-state index contributed by atoms with van der Waals surface area (Å²) in [5, 5.41) is 6.64. The summed E-state index contributed by atoms with van der Waals surface area (Å²) in [5.74, 6) is -1.22. The van der Waals surface area contributed by atoms with E-state index in [1.54, 1.807) is 32.9 Å². The molecule has 4 rings (SSSR count). The lowest BCUT2D eigenvalue weighted by Crippen LogP contribution is -2.38. The number of ether oxygens (including phenoxy) is 1. The van der Waals surface area contributed by atoms with Crippen LogP contribution < -0.4 is 21.2 Å². The van der Waals surface area contributed by atoms with Gasteiger partial charge < -0.3 is 24.7 Å². The van der Waals surface area contributed by atoms with Gasteiger partial charge in [0, 0.05) is 53.7 Å². The van der Waals surface area contributed by atoms with Crippen molar-refractivity contribution in [2.45, 2.75) is 51.8 Å². The largest absolute Gasteiger partial charge is 0.444 e. The van der Waals surface area contributed by atoms with Gasteiger partial charge in [0.2, 0.25) is 0 Å². The molecule has 1 aliphatic rings. The highest BCUT2D eigenvalue weighted by atomic mass is 19.4. The second kappa shape index (κ2) is 11.0. The van der Waals surface area contributed by atoms with E-state index in [0.29, 0.717) is 30.7 Å². The third kappa shape index (κ3) is 7.20. The molecule has 0 saturated carbocycles. The van der Waals surface area contributed by atoms with Crippen molar-refractivity contribution in [1.29, 1.82) is 0 Å². The molecule has 1 aromatic heterocycles. The van der Waals surface area contributed by atoms with Crippen LogP contribution in [0.5, 0.6) is 0 Å². The number of benzene rings is 2. The number of fused-ring (bicyclic) bond motifs is 1. The third-order valence-corrected chi connectivity index (χ3v) is 6.35. The predicted molar refractivity (Wildman–Crippen MR) is 141 cm³/mol. The summed E-state index contributed by atoms with van der Waals surface area (Å²) in [6.45, 7) is 6.31. The Balaban J connectivity index is 1.35. The molecule has 3 aromatic rings. The summed E-state index contributed by atoms with van der Waals surface area (Å²) in [7, 11) is 0. The van der Waals surface area contributed by atoms with Crippen LogP contribution in [0.2, 0.25) is 0 Å². The lowest BCUT2D eigenvalue weighted by molar-refractivity contribution is -0.179. The Kier molecular flexibility index (Phi) is 7.89. The molecule has 38 heavy (non-hydrogen) atoms. The number of nitrogens with one attached hydrogen (secondary N) is 2. The summed E-state index contributed by atoms with van der Waals surface area (Å²) in [6, 6.07) is 14.7. The van der Waals surface area contributed by atoms with E-state index < -0.39 is 29.4 Å². The number of rotatable bonds is 6. The molecule has 1 fully saturated rings. The standard InChI is InChI=1S/C28H32F3N3O4/c1-27(2,3)38-26(36)32-13-10-19-16-18-4-5-22(17-24(18)37-25(19)35)33-21-6-8-23(9-7-21)34-14-11-20(12-15-34)28(29,30)31/h4-9,16-17,20,33H,10-15H2,1-3H3,(H,32,36). The van der Waals surface area contributed by atoms with Crippen molar-refractivity contribution in [3.05, 3.63) is 64.5 Å². The number of piperidine rings is 1. The monoisotopic (exact) mass is 531 g/mol. The molecular weight excluding hydrogens is 499 g/mol. The second-order valence-corrected chi connectivity index (χ2v) is 10.5. The van der Waals surface area contributed by atoms with Crippen LogP contribution in [0.4, 0.5) is 35.0 Å². The fourth-order valence-electron chi connectivity index (χ4n) is 4.41. The summed E-state index contributed by atoms with van der Waals surface area (Å²) in [6.07, 6.45) is -4.16. The predicted octanol–water partition coefficient (Wildman–Crippen LogP) is 6.38. The first-order chi connectivity index (χ1) is 17.9. The fourth-order valence-corrected chi connectivity index (χ4v) is 4.41. The number of hydrogen-bond donors (Lipinski definition) is 2. The van der Waals surface area contributed by atoms with Crippen LogP contribution in [0.3, 0.4) is 0 Å². The summed E-state index contributed by atoms with van der Waals surface area (Å²) in [5.41, 5.74) is 2.20. The van der Waals surface area contributed by atoms with Crippen molar-refractivity contribution in [2.75, 3.05) is 29.9 Å². The van der Waals surface area contributed by atoms with E-state index in [-0.39, 0.29) is 19.4 Å². The molecule has 10 heteroatoms. The number of carbonyl (C=O) groups is 1. The maximum Gasteiger partial charge on any atom is 0.407 e. The van der Waals surface area contributed by atoms with Gasteiger partial charge in [-0.15, -0.1) is 0 Å². The number of halogens is 3. The average molecular weight is 532 g/mol. The molecule has 2 aromatic carbocycles. The first-order valence-corrected chi connectivity index (χ1v) is 12.6. The van der Waals surface area contributed by atoms with Crippen LogP contribution in [0, 0.1) is 5.92 Å². The molecule has 2 N–H and O–H groups in total. The van der Waals surface area contributed by atoms with E-state index in [2.05, 4.69) is 10.6 Å². The van der Waals surface area contributed by atoms with E-state index in [9.17, 15) is 22.8 Å². The Morgan fingerprint density at radius 2 is 1.68 bits per heavy atom. The van der Waals surface area contributed by atoms with Crippen LogP contribution in [-0.2, 0) is 11.2 Å². The smallest absolute Gasteiger partial charge is 0.407 e. The lowest BCUT2D eigenvalue weighted by Gasteiger charge is -2.34. The Morgan fingerprint density at radius 3 is 2.32 bits per heavy atom. The Bertz CT molecular complexity index is 1320. The summed E-state index contributed by atoms with van der Waals surface area (Å²) in [4.78, 5) is 26.2. The van der Waals surface area contributed by atoms with Gasteiger partial charge in [-0.3, -0.25) is 0 Å². The molecule has 7 nitrogen and oxygen atoms in total. The van der Waals surface area contributed by atoms with E-state index >= 15 is 0 Å². The molecule has 0 aliphatic carbocycles. The quantitative estimate of drug-likeness (QED) is 0.359. The van der Waals surface area contributed by atoms with Gasteiger partial charge in [-0.1, -0.05) is 0 Å². The molecule has 204 valence electrons. The highest BCUT2D eigenvalue weighted by molar-refractivity contribution is 5.82. The van der Waals surface area contributed by atoms with Crippen molar-refractivity contribution >= 4 is 34.1 Å². The Labute approximate surface area is 219 Å². The second-order valence-electron chi connectivity index (χ2n) is 10.5. The zero-order valence-corrected chi connectivity index (χ0v) is 21.7. The zero-order valence-electron chi connectivity index (χ0n) is 21.7. The van der Waals surface area contributed by atoms with Gasteiger partial charge >= 0.3 is 17.9 Å². The first kappa shape index (κ1) is 27.3. The van der Waals surface area contributed by atoms with Crippen molar-refractivity contribution < 1.29 is 27.1 Å². The molecule has 2 heterocycles. The van der Waals surface area contributed by atoms with Crippen LogP contribution in [-0.4, -0.2) is 37.5 Å². The number of hydrogen-bond acceptors (Lipinski definition) is 6. The minimum absolute atomic E-state index is 0.105. The Morgan fingerprint density at radius 1 is 1.03 bits per heavy atom. The minimum atomic E-state index is -4.13. The number of alkyl halides is 3. The number of alkyl carbamates (subject to hydrolysis) is 1. The van der Waals surface area contributed by atoms with Gasteiger partial charge in [-0.05, 0) is 82.5 Å². The van der Waals surface area contributed by atoms with E-state index in [1.165, 1.54) is 0 Å². The normalized spacial score (nSPS) is 14.9. The van der Waals surface area contributed by atoms with Crippen LogP contribution >= 0.6 is 0 Å². The van der Waals surface area contributed by atoms with Crippen LogP contribution in [0.1, 0.15) is 39.2 Å². The molecule has 0 unspecified atom stereocenters. The highest BCUT2D eigenvalue weighted by Crippen LogP contribution is 2.35. The summed E-state index contributed by atoms with van der Waals surface area (Å²) < 4.78 is 49.5. The molecule has 0 radical (unpaired) electrons. The number of nitrogens with zero attached hydrogens (tertiary/aromatic N) is 1. The Hall–Kier alpha value is -3.69. The van der Waals surface area contributed by atoms with Gasteiger partial charge in [0.1, 0.15) is 11.2 Å². The number of amides is 1. The van der Waals surface area contributed by atoms with E-state index in [1.807, 2.05) is 41.3 Å². The average Bonchev–Trinajstić information content (AvgIpc) is 2.83. The van der Waals surface area contributed by atoms with Crippen LogP contribution in [0.25, 0.3) is 11.0 Å². The fraction of sp³-hybridized carbons (Fsp3) is 0.429. The molecule has 0 bridgehead atoms. The maximum absolute atomic E-state index is 12.9. The van der Waals surface area contributed by atoms with E-state index in [0.717, 1.165) is 22.4 Å². The molecular formula is C28H32F3N3O4. The highest BCUT2D eigenvalue weighted by Gasteiger charge is 2.41. The van der Waals surface area contributed by atoms with Gasteiger partial charge in [0.25, 0.3) is 0 Å². The van der Waals surface area contributed by atoms with Gasteiger partial charge in [0.15, 0.2) is 0 Å². The minimum Gasteiger partial charge on any atom is -0.444 e. The SMILES string of the molecule is CC(C)(C)OC(=O)NCCc1cc2ccc(Nc3ccc(N4CCC(C(F)(F)F)CC4)cc3)cc2oc1=O. The number of carbonyl (C=O) groups excluding carboxylic acids is 1. The zero-order chi connectivity index (χ0) is 27.5. The van der Waals surface area contributed by atoms with Crippen molar-refractivity contribution in [2.24, 2.45) is 5.92 Å². The van der Waals surface area contributed by atoms with Crippen molar-refractivity contribution in [3.8, 4) is 0 Å². The molecule has 1 aliphatic heterocycles. The summed E-state index contributed by atoms with van der Waals surface area (Å²) >= 11 is 0. The number of anilines is 3. The maximum atomic E-state index is 12.9. The molecule has 1 saturated heterocycles. The van der Waals surface area contributed by atoms with Gasteiger partial charge in [0.05, 0.1) is 5.92 Å². The first-order valence-electron chi connectivity index (χ1n) is 12.6. The van der Waals surface area contributed by atoms with Crippen molar-refractivity contribution in [3.63, 3.8) is 0 Å². The molecule has 0 spiro atoms. The van der Waals surface area contributed by atoms with Gasteiger partial charge in [-0.2, -0.15) is 13.2 Å². The van der Waals surface area contributed by atoms with Crippen LogP contribution in [0.15, 0.2) is 57.7 Å². The van der Waals surface area contributed by atoms with Gasteiger partial charge in [-0.25, -0.2) is 9.59 Å². The third-order valence-electron chi connectivity index (χ3n) is 6.35. The molecule has 0 atom stereocenters. The van der Waals surface area contributed by atoms with E-state index in [4.69, 9.17) is 9.15 Å².